The maximum absolute atomic E-state index is 11.1. The van der Waals surface area contributed by atoms with Crippen LogP contribution in [0.5, 0.6) is 11.5 Å². The molecule has 0 aliphatic carbocycles. The summed E-state index contributed by atoms with van der Waals surface area (Å²) in [5, 5.41) is 2.70. The standard InChI is InChI=1S/C13H16INO4/c1-8(16)15-5-4-10-6-13(18-3)11(14)7-12(10)19-9(2)17/h6-7H,4-5H2,1-3H3,(H,15,16). The van der Waals surface area contributed by atoms with Gasteiger partial charge in [-0.05, 0) is 41.1 Å². The molecule has 1 N–H and O–H groups in total. The number of hydrogen-bond donors (Lipinski definition) is 1. The molecular formula is C13H16INO4. The number of halogens is 1. The zero-order valence-electron chi connectivity index (χ0n) is 11.1. The maximum atomic E-state index is 11.1. The number of esters is 1. The van der Waals surface area contributed by atoms with Crippen LogP contribution in [0.4, 0.5) is 0 Å². The van der Waals surface area contributed by atoms with Gasteiger partial charge in [0, 0.05) is 26.0 Å². The quantitative estimate of drug-likeness (QED) is 0.484. The summed E-state index contributed by atoms with van der Waals surface area (Å²) in [5.74, 6) is 0.755. The van der Waals surface area contributed by atoms with Gasteiger partial charge in [-0.3, -0.25) is 9.59 Å². The summed E-state index contributed by atoms with van der Waals surface area (Å²) in [5.41, 5.74) is 0.821. The van der Waals surface area contributed by atoms with Crippen LogP contribution in [-0.2, 0) is 16.0 Å². The third-order valence-corrected chi connectivity index (χ3v) is 3.20. The van der Waals surface area contributed by atoms with Gasteiger partial charge < -0.3 is 14.8 Å². The Kier molecular flexibility index (Phi) is 6.07. The number of benzene rings is 1. The first kappa shape index (κ1) is 15.7. The maximum Gasteiger partial charge on any atom is 0.308 e. The van der Waals surface area contributed by atoms with E-state index in [1.54, 1.807) is 13.2 Å². The van der Waals surface area contributed by atoms with E-state index in [-0.39, 0.29) is 11.9 Å². The molecule has 1 amide bonds. The SMILES string of the molecule is COc1cc(CCNC(C)=O)c(OC(C)=O)cc1I. The molecule has 1 aromatic rings. The van der Waals surface area contributed by atoms with Crippen LogP contribution in [0.25, 0.3) is 0 Å². The van der Waals surface area contributed by atoms with E-state index in [0.717, 1.165) is 9.13 Å². The molecule has 0 aromatic heterocycles. The summed E-state index contributed by atoms with van der Waals surface area (Å²) in [4.78, 5) is 21.9. The highest BCUT2D eigenvalue weighted by atomic mass is 127. The van der Waals surface area contributed by atoms with Gasteiger partial charge in [-0.25, -0.2) is 0 Å². The second-order valence-corrected chi connectivity index (χ2v) is 5.08. The Balaban J connectivity index is 2.95. The molecule has 0 unspecified atom stereocenters. The predicted octanol–water partition coefficient (Wildman–Crippen LogP) is 1.90. The Hall–Kier alpha value is -1.31. The van der Waals surface area contributed by atoms with E-state index in [1.807, 2.05) is 6.07 Å². The minimum absolute atomic E-state index is 0.0912. The van der Waals surface area contributed by atoms with Crippen molar-refractivity contribution in [1.82, 2.24) is 5.32 Å². The van der Waals surface area contributed by atoms with Gasteiger partial charge in [-0.2, -0.15) is 0 Å². The lowest BCUT2D eigenvalue weighted by Gasteiger charge is -2.12. The molecule has 0 spiro atoms. The van der Waals surface area contributed by atoms with Gasteiger partial charge >= 0.3 is 5.97 Å². The summed E-state index contributed by atoms with van der Waals surface area (Å²) in [6.45, 7) is 3.30. The Labute approximate surface area is 125 Å². The van der Waals surface area contributed by atoms with Gasteiger partial charge in [0.1, 0.15) is 11.5 Å². The molecule has 0 saturated carbocycles. The van der Waals surface area contributed by atoms with Crippen LogP contribution in [0.1, 0.15) is 19.4 Å². The summed E-state index contributed by atoms with van der Waals surface area (Å²) >= 11 is 2.11. The van der Waals surface area contributed by atoms with Crippen molar-refractivity contribution in [3.63, 3.8) is 0 Å². The molecule has 0 fully saturated rings. The highest BCUT2D eigenvalue weighted by Gasteiger charge is 2.12. The Bertz CT molecular complexity index is 488. The van der Waals surface area contributed by atoms with E-state index in [9.17, 15) is 9.59 Å². The fourth-order valence-corrected chi connectivity index (χ4v) is 2.21. The van der Waals surface area contributed by atoms with Gasteiger partial charge in [0.15, 0.2) is 0 Å². The van der Waals surface area contributed by atoms with Crippen molar-refractivity contribution >= 4 is 34.5 Å². The van der Waals surface area contributed by atoms with E-state index in [4.69, 9.17) is 9.47 Å². The molecule has 0 atom stereocenters. The summed E-state index contributed by atoms with van der Waals surface area (Å²) in [7, 11) is 1.58. The van der Waals surface area contributed by atoms with Crippen molar-refractivity contribution in [1.29, 1.82) is 0 Å². The van der Waals surface area contributed by atoms with Crippen LogP contribution in [0, 0.1) is 3.57 Å². The Morgan fingerprint density at radius 2 is 1.95 bits per heavy atom. The molecule has 0 aliphatic heterocycles. The number of methoxy groups -OCH3 is 1. The second-order valence-electron chi connectivity index (χ2n) is 3.92. The van der Waals surface area contributed by atoms with Crippen LogP contribution in [0.2, 0.25) is 0 Å². The predicted molar refractivity (Wildman–Crippen MR) is 79.4 cm³/mol. The van der Waals surface area contributed by atoms with Gasteiger partial charge in [-0.1, -0.05) is 0 Å². The van der Waals surface area contributed by atoms with Crippen LogP contribution in [0.3, 0.4) is 0 Å². The normalized spacial score (nSPS) is 9.89. The average molecular weight is 377 g/mol. The number of ether oxygens (including phenoxy) is 2. The lowest BCUT2D eigenvalue weighted by Crippen LogP contribution is -2.22. The van der Waals surface area contributed by atoms with Gasteiger partial charge in [0.05, 0.1) is 10.7 Å². The van der Waals surface area contributed by atoms with E-state index >= 15 is 0 Å². The van der Waals surface area contributed by atoms with Crippen molar-refractivity contribution in [3.05, 3.63) is 21.3 Å². The van der Waals surface area contributed by atoms with Gasteiger partial charge in [0.25, 0.3) is 0 Å². The summed E-state index contributed by atoms with van der Waals surface area (Å²) in [6, 6.07) is 3.58. The van der Waals surface area contributed by atoms with Crippen molar-refractivity contribution in [2.75, 3.05) is 13.7 Å². The van der Waals surface area contributed by atoms with Gasteiger partial charge in [0.2, 0.25) is 5.91 Å². The zero-order chi connectivity index (χ0) is 14.4. The highest BCUT2D eigenvalue weighted by molar-refractivity contribution is 14.1. The first-order valence-electron chi connectivity index (χ1n) is 5.73. The van der Waals surface area contributed by atoms with Crippen LogP contribution in [-0.4, -0.2) is 25.5 Å². The molecule has 6 heteroatoms. The van der Waals surface area contributed by atoms with Crippen molar-refractivity contribution in [3.8, 4) is 11.5 Å². The van der Waals surface area contributed by atoms with E-state index < -0.39 is 0 Å². The fourth-order valence-electron chi connectivity index (χ4n) is 1.55. The number of carbonyl (C=O) groups excluding carboxylic acids is 2. The minimum atomic E-state index is -0.373. The fraction of sp³-hybridized carbons (Fsp3) is 0.385. The smallest absolute Gasteiger partial charge is 0.308 e. The molecule has 0 aliphatic rings. The van der Waals surface area contributed by atoms with Crippen molar-refractivity contribution in [2.45, 2.75) is 20.3 Å². The highest BCUT2D eigenvalue weighted by Crippen LogP contribution is 2.30. The molecule has 0 radical (unpaired) electrons. The third kappa shape index (κ3) is 5.06. The molecule has 5 nitrogen and oxygen atoms in total. The first-order valence-corrected chi connectivity index (χ1v) is 6.81. The van der Waals surface area contributed by atoms with Crippen LogP contribution >= 0.6 is 22.6 Å². The van der Waals surface area contributed by atoms with E-state index in [1.165, 1.54) is 13.8 Å². The molecule has 1 aromatic carbocycles. The Morgan fingerprint density at radius 1 is 1.26 bits per heavy atom. The monoisotopic (exact) mass is 377 g/mol. The second kappa shape index (κ2) is 7.32. The molecule has 0 bridgehead atoms. The number of nitrogens with one attached hydrogen (secondary N) is 1. The van der Waals surface area contributed by atoms with Crippen LogP contribution < -0.4 is 14.8 Å². The largest absolute Gasteiger partial charge is 0.496 e. The van der Waals surface area contributed by atoms with Crippen LogP contribution in [0.15, 0.2) is 12.1 Å². The molecule has 0 heterocycles. The topological polar surface area (TPSA) is 64.6 Å². The number of rotatable bonds is 5. The lowest BCUT2D eigenvalue weighted by molar-refractivity contribution is -0.132. The molecule has 104 valence electrons. The summed E-state index contributed by atoms with van der Waals surface area (Å²) < 4.78 is 11.3. The Morgan fingerprint density at radius 3 is 2.47 bits per heavy atom. The van der Waals surface area contributed by atoms with Crippen molar-refractivity contribution in [2.24, 2.45) is 0 Å². The van der Waals surface area contributed by atoms with E-state index in [2.05, 4.69) is 27.9 Å². The average Bonchev–Trinajstić information content (AvgIpc) is 2.30. The van der Waals surface area contributed by atoms with Gasteiger partial charge in [-0.15, -0.1) is 0 Å². The zero-order valence-corrected chi connectivity index (χ0v) is 13.2. The third-order valence-electron chi connectivity index (χ3n) is 2.36. The van der Waals surface area contributed by atoms with E-state index in [0.29, 0.717) is 24.5 Å². The molecular weight excluding hydrogens is 361 g/mol. The molecule has 19 heavy (non-hydrogen) atoms. The summed E-state index contributed by atoms with van der Waals surface area (Å²) in [6.07, 6.45) is 0.565. The minimum Gasteiger partial charge on any atom is -0.496 e. The molecule has 1 rings (SSSR count). The first-order chi connectivity index (χ1) is 8.93. The molecule has 0 saturated heterocycles. The van der Waals surface area contributed by atoms with Crippen molar-refractivity contribution < 1.29 is 19.1 Å². The number of amides is 1. The number of carbonyl (C=O) groups is 2. The lowest BCUT2D eigenvalue weighted by atomic mass is 10.1. The number of hydrogen-bond acceptors (Lipinski definition) is 4.